The van der Waals surface area contributed by atoms with Gasteiger partial charge in [-0.15, -0.1) is 0 Å². The van der Waals surface area contributed by atoms with E-state index in [1.54, 1.807) is 18.2 Å². The summed E-state index contributed by atoms with van der Waals surface area (Å²) in [5.41, 5.74) is 0.818. The van der Waals surface area contributed by atoms with Gasteiger partial charge in [0.15, 0.2) is 0 Å². The van der Waals surface area contributed by atoms with Crippen LogP contribution in [0, 0.1) is 10.1 Å². The minimum Gasteiger partial charge on any atom is -0.396 e. The molecule has 0 aliphatic carbocycles. The van der Waals surface area contributed by atoms with Crippen molar-refractivity contribution in [2.45, 2.75) is 25.8 Å². The Balaban J connectivity index is 2.51. The van der Waals surface area contributed by atoms with Crippen LogP contribution in [0.15, 0.2) is 30.5 Å². The van der Waals surface area contributed by atoms with Gasteiger partial charge in [0.25, 0.3) is 5.69 Å². The fourth-order valence-electron chi connectivity index (χ4n) is 2.12. The van der Waals surface area contributed by atoms with E-state index in [9.17, 15) is 10.1 Å². The lowest BCUT2D eigenvalue weighted by molar-refractivity contribution is -0.383. The number of benzene rings is 1. The summed E-state index contributed by atoms with van der Waals surface area (Å²) in [7, 11) is 0. The van der Waals surface area contributed by atoms with E-state index in [2.05, 4.69) is 10.3 Å². The number of fused-ring (bicyclic) bond motifs is 1. The quantitative estimate of drug-likeness (QED) is 0.647. The van der Waals surface area contributed by atoms with Gasteiger partial charge in [-0.3, -0.25) is 10.1 Å². The van der Waals surface area contributed by atoms with Crippen molar-refractivity contribution in [3.8, 4) is 0 Å². The van der Waals surface area contributed by atoms with E-state index in [0.29, 0.717) is 17.3 Å². The Labute approximate surface area is 116 Å². The van der Waals surface area contributed by atoms with Gasteiger partial charge in [0.05, 0.1) is 4.92 Å². The second kappa shape index (κ2) is 5.42. The lowest BCUT2D eigenvalue weighted by atomic mass is 10.00. The third-order valence-corrected chi connectivity index (χ3v) is 3.15. The van der Waals surface area contributed by atoms with Crippen LogP contribution in [0.3, 0.4) is 0 Å². The first kappa shape index (κ1) is 14.2. The van der Waals surface area contributed by atoms with Crippen molar-refractivity contribution in [1.29, 1.82) is 0 Å². The molecule has 2 rings (SSSR count). The highest BCUT2D eigenvalue weighted by atomic mass is 16.6. The molecule has 0 radical (unpaired) electrons. The molecule has 1 aromatic carbocycles. The molecule has 0 aliphatic heterocycles. The first-order valence-corrected chi connectivity index (χ1v) is 6.36. The zero-order valence-electron chi connectivity index (χ0n) is 11.5. The molecule has 6 nitrogen and oxygen atoms in total. The molecule has 0 unspecified atom stereocenters. The molecular formula is C14H17N3O3. The highest BCUT2D eigenvalue weighted by Crippen LogP contribution is 2.31. The van der Waals surface area contributed by atoms with E-state index in [4.69, 9.17) is 5.11 Å². The second-order valence-electron chi connectivity index (χ2n) is 5.27. The number of aliphatic hydroxyl groups excluding tert-OH is 1. The van der Waals surface area contributed by atoms with E-state index < -0.39 is 4.92 Å². The van der Waals surface area contributed by atoms with E-state index in [1.165, 1.54) is 12.3 Å². The van der Waals surface area contributed by atoms with E-state index >= 15 is 0 Å². The van der Waals surface area contributed by atoms with Crippen LogP contribution in [0.4, 0.5) is 11.4 Å². The Morgan fingerprint density at radius 2 is 2.15 bits per heavy atom. The number of nitrogens with zero attached hydrogens (tertiary/aromatic N) is 2. The highest BCUT2D eigenvalue weighted by Gasteiger charge is 2.20. The van der Waals surface area contributed by atoms with E-state index in [-0.39, 0.29) is 17.8 Å². The first-order valence-electron chi connectivity index (χ1n) is 6.36. The van der Waals surface area contributed by atoms with Crippen molar-refractivity contribution < 1.29 is 10.0 Å². The van der Waals surface area contributed by atoms with Gasteiger partial charge in [0, 0.05) is 35.5 Å². The van der Waals surface area contributed by atoms with Crippen molar-refractivity contribution >= 4 is 22.3 Å². The van der Waals surface area contributed by atoms with Crippen molar-refractivity contribution in [3.63, 3.8) is 0 Å². The molecule has 1 heterocycles. The van der Waals surface area contributed by atoms with Gasteiger partial charge in [-0.2, -0.15) is 0 Å². The highest BCUT2D eigenvalue weighted by molar-refractivity contribution is 5.97. The van der Waals surface area contributed by atoms with Gasteiger partial charge in [-0.25, -0.2) is 4.98 Å². The Hall–Kier alpha value is -2.21. The van der Waals surface area contributed by atoms with Crippen molar-refractivity contribution in [2.75, 3.05) is 11.9 Å². The fraction of sp³-hybridized carbons (Fsp3) is 0.357. The summed E-state index contributed by atoms with van der Waals surface area (Å²) in [6.07, 6.45) is 2.11. The maximum atomic E-state index is 11.0. The van der Waals surface area contributed by atoms with Crippen LogP contribution in [0.25, 0.3) is 10.9 Å². The molecule has 0 amide bonds. The van der Waals surface area contributed by atoms with Crippen LogP contribution < -0.4 is 5.32 Å². The molecule has 106 valence electrons. The Bertz CT molecular complexity index is 641. The molecule has 0 saturated carbocycles. The molecule has 0 fully saturated rings. The van der Waals surface area contributed by atoms with Gasteiger partial charge in [0.2, 0.25) is 0 Å². The van der Waals surface area contributed by atoms with Crippen molar-refractivity contribution in [1.82, 2.24) is 4.98 Å². The van der Waals surface area contributed by atoms with Crippen LogP contribution in [0.2, 0.25) is 0 Å². The molecule has 2 N–H and O–H groups in total. The minimum absolute atomic E-state index is 0.00823. The SMILES string of the molecule is CC(C)(CCO)Nc1ccc([N+](=O)[O-])c2ncccc12. The largest absolute Gasteiger partial charge is 0.396 e. The number of hydrogen-bond acceptors (Lipinski definition) is 5. The summed E-state index contributed by atoms with van der Waals surface area (Å²) >= 11 is 0. The third-order valence-electron chi connectivity index (χ3n) is 3.15. The Morgan fingerprint density at radius 1 is 1.40 bits per heavy atom. The minimum atomic E-state index is -0.433. The number of hydrogen-bond donors (Lipinski definition) is 2. The van der Waals surface area contributed by atoms with Crippen LogP contribution in [-0.4, -0.2) is 27.2 Å². The smallest absolute Gasteiger partial charge is 0.295 e. The lowest BCUT2D eigenvalue weighted by Crippen LogP contribution is -2.32. The number of anilines is 1. The lowest BCUT2D eigenvalue weighted by Gasteiger charge is -2.27. The van der Waals surface area contributed by atoms with E-state index in [0.717, 1.165) is 5.69 Å². The summed E-state index contributed by atoms with van der Waals surface area (Å²) in [6.45, 7) is 4.00. The summed E-state index contributed by atoms with van der Waals surface area (Å²) in [6, 6.07) is 6.68. The summed E-state index contributed by atoms with van der Waals surface area (Å²) in [4.78, 5) is 14.7. The average molecular weight is 275 g/mol. The van der Waals surface area contributed by atoms with Crippen LogP contribution in [0.5, 0.6) is 0 Å². The van der Waals surface area contributed by atoms with Crippen LogP contribution >= 0.6 is 0 Å². The predicted octanol–water partition coefficient (Wildman–Crippen LogP) is 2.72. The number of non-ortho nitro benzene ring substituents is 1. The standard InChI is InChI=1S/C14H17N3O3/c1-14(2,7-9-18)16-11-5-6-12(17(19)20)13-10(11)4-3-8-15-13/h3-6,8,16,18H,7,9H2,1-2H3. The summed E-state index contributed by atoms with van der Waals surface area (Å²) in [5.74, 6) is 0. The maximum Gasteiger partial charge on any atom is 0.295 e. The zero-order valence-corrected chi connectivity index (χ0v) is 11.5. The normalized spacial score (nSPS) is 11.6. The molecule has 6 heteroatoms. The average Bonchev–Trinajstić information content (AvgIpc) is 2.38. The first-order chi connectivity index (χ1) is 9.44. The van der Waals surface area contributed by atoms with Crippen molar-refractivity contribution in [3.05, 3.63) is 40.6 Å². The molecule has 0 aliphatic rings. The van der Waals surface area contributed by atoms with Gasteiger partial charge >= 0.3 is 0 Å². The molecule has 0 bridgehead atoms. The number of nitrogens with one attached hydrogen (secondary N) is 1. The summed E-state index contributed by atoms with van der Waals surface area (Å²) < 4.78 is 0. The molecule has 20 heavy (non-hydrogen) atoms. The van der Waals surface area contributed by atoms with Gasteiger partial charge in [-0.1, -0.05) is 0 Å². The Kier molecular flexibility index (Phi) is 3.85. The number of aliphatic hydroxyl groups is 1. The molecular weight excluding hydrogens is 258 g/mol. The number of nitro groups is 1. The van der Waals surface area contributed by atoms with Crippen LogP contribution in [-0.2, 0) is 0 Å². The molecule has 1 aromatic heterocycles. The maximum absolute atomic E-state index is 11.0. The van der Waals surface area contributed by atoms with Gasteiger partial charge < -0.3 is 10.4 Å². The number of pyridine rings is 1. The third kappa shape index (κ3) is 2.85. The molecule has 0 atom stereocenters. The topological polar surface area (TPSA) is 88.3 Å². The zero-order chi connectivity index (χ0) is 14.8. The van der Waals surface area contributed by atoms with Gasteiger partial charge in [0.1, 0.15) is 5.52 Å². The molecule has 2 aromatic rings. The monoisotopic (exact) mass is 275 g/mol. The van der Waals surface area contributed by atoms with Gasteiger partial charge in [-0.05, 0) is 38.5 Å². The van der Waals surface area contributed by atoms with Crippen molar-refractivity contribution in [2.24, 2.45) is 0 Å². The van der Waals surface area contributed by atoms with E-state index in [1.807, 2.05) is 13.8 Å². The second-order valence-corrected chi connectivity index (χ2v) is 5.27. The molecule has 0 saturated heterocycles. The summed E-state index contributed by atoms with van der Waals surface area (Å²) in [5, 5.41) is 24.1. The Morgan fingerprint density at radius 3 is 2.80 bits per heavy atom. The number of rotatable bonds is 5. The molecule has 0 spiro atoms. The fourth-order valence-corrected chi connectivity index (χ4v) is 2.12. The van der Waals surface area contributed by atoms with Crippen LogP contribution in [0.1, 0.15) is 20.3 Å². The predicted molar refractivity (Wildman–Crippen MR) is 77.8 cm³/mol. The number of nitro benzene ring substituents is 1. The number of aromatic nitrogens is 1.